The molecule has 9 heteroatoms. The molecule has 7 nitrogen and oxygen atoms in total. The highest BCUT2D eigenvalue weighted by Gasteiger charge is 2.41. The third-order valence-electron chi connectivity index (χ3n) is 7.69. The van der Waals surface area contributed by atoms with Crippen molar-refractivity contribution in [3.05, 3.63) is 47.8 Å². The van der Waals surface area contributed by atoms with E-state index in [4.69, 9.17) is 15.5 Å². The molecule has 4 unspecified atom stereocenters. The number of hydrogen-bond acceptors (Lipinski definition) is 6. The van der Waals surface area contributed by atoms with Crippen LogP contribution in [0.1, 0.15) is 32.3 Å². The highest BCUT2D eigenvalue weighted by Crippen LogP contribution is 2.40. The van der Waals surface area contributed by atoms with Gasteiger partial charge in [-0.1, -0.05) is 49.0 Å². The van der Waals surface area contributed by atoms with Crippen LogP contribution < -0.4 is 11.1 Å². The Bertz CT molecular complexity index is 1120. The van der Waals surface area contributed by atoms with Gasteiger partial charge >= 0.3 is 0 Å². The van der Waals surface area contributed by atoms with Gasteiger partial charge in [-0.25, -0.2) is 9.38 Å². The van der Waals surface area contributed by atoms with Gasteiger partial charge in [-0.3, -0.25) is 4.79 Å². The van der Waals surface area contributed by atoms with Gasteiger partial charge in [0.2, 0.25) is 5.91 Å². The Balaban J connectivity index is 1.93. The summed E-state index contributed by atoms with van der Waals surface area (Å²) in [5, 5.41) is 3.10. The summed E-state index contributed by atoms with van der Waals surface area (Å²) in [7, 11) is 1.98. The number of nitrogens with zero attached hydrogens (tertiary/aromatic N) is 3. The molecule has 1 amide bonds. The highest BCUT2D eigenvalue weighted by atomic mass is 32.2. The Morgan fingerprint density at radius 3 is 2.58 bits per heavy atom. The number of carbonyl (C=O) groups is 1. The average Bonchev–Trinajstić information content (AvgIpc) is 3.58. The molecule has 0 spiro atoms. The molecule has 3 rings (SSSR count). The first-order valence-electron chi connectivity index (χ1n) is 13.3. The molecule has 0 radical (unpaired) electrons. The lowest BCUT2D eigenvalue weighted by atomic mass is 9.82. The van der Waals surface area contributed by atoms with Gasteiger partial charge in [0.15, 0.2) is 0 Å². The second-order valence-corrected chi connectivity index (χ2v) is 14.3. The maximum absolute atomic E-state index is 14.0. The predicted octanol–water partition coefficient (Wildman–Crippen LogP) is 3.41. The molecular weight excluding hydrogens is 501 g/mol. The molecule has 1 aromatic rings. The summed E-state index contributed by atoms with van der Waals surface area (Å²) in [4.78, 5) is 21.2. The van der Waals surface area contributed by atoms with E-state index in [0.717, 1.165) is 17.9 Å². The van der Waals surface area contributed by atoms with Crippen LogP contribution in [0.15, 0.2) is 47.2 Å². The normalized spacial score (nSPS) is 24.6. The Hall–Kier alpha value is -2.36. The van der Waals surface area contributed by atoms with E-state index in [-0.39, 0.29) is 5.91 Å². The van der Waals surface area contributed by atoms with Crippen LogP contribution in [-0.4, -0.2) is 91.6 Å². The fourth-order valence-electron chi connectivity index (χ4n) is 4.67. The van der Waals surface area contributed by atoms with Crippen molar-refractivity contribution in [1.29, 1.82) is 0 Å². The summed E-state index contributed by atoms with van der Waals surface area (Å²) in [5.41, 5.74) is 6.22. The molecule has 1 saturated carbocycles. The Kier molecular flexibility index (Phi) is 10.1. The minimum absolute atomic E-state index is 0.197. The fourth-order valence-corrected chi connectivity index (χ4v) is 5.21. The molecule has 1 aromatic carbocycles. The van der Waals surface area contributed by atoms with Crippen molar-refractivity contribution in [2.45, 2.75) is 45.2 Å². The summed E-state index contributed by atoms with van der Waals surface area (Å²) in [6.45, 7) is 5.59. The van der Waals surface area contributed by atoms with Crippen LogP contribution in [0.25, 0.3) is 0 Å². The number of hydrogen-bond donors (Lipinski definition) is 2. The zero-order valence-corrected chi connectivity index (χ0v) is 24.5. The lowest BCUT2D eigenvalue weighted by Gasteiger charge is -2.39. The van der Waals surface area contributed by atoms with E-state index < -0.39 is 33.6 Å². The molecule has 1 fully saturated rings. The van der Waals surface area contributed by atoms with Crippen molar-refractivity contribution in [3.8, 4) is 0 Å². The monoisotopic (exact) mass is 547 g/mol. The van der Waals surface area contributed by atoms with E-state index in [1.54, 1.807) is 7.11 Å². The predicted molar refractivity (Wildman–Crippen MR) is 161 cm³/mol. The minimum atomic E-state index is -1.63. The number of ether oxygens (including phenoxy) is 1. The van der Waals surface area contributed by atoms with E-state index >= 15 is 0 Å². The number of nitrogens with one attached hydrogen (secondary N) is 1. The number of aliphatic imine (C=N–C) groups is 1. The van der Waals surface area contributed by atoms with Crippen LogP contribution >= 0.6 is 9.39 Å². The Morgan fingerprint density at radius 1 is 1.37 bits per heavy atom. The Labute approximate surface area is 228 Å². The second-order valence-electron chi connectivity index (χ2n) is 11.3. The van der Waals surface area contributed by atoms with E-state index in [2.05, 4.69) is 28.9 Å². The number of amides is 1. The lowest BCUT2D eigenvalue weighted by Crippen LogP contribution is -2.54. The van der Waals surface area contributed by atoms with Crippen LogP contribution in [0.2, 0.25) is 0 Å². The fraction of sp³-hybridized carbons (Fsp3) is 0.586. The first-order chi connectivity index (χ1) is 17.9. The van der Waals surface area contributed by atoms with E-state index in [1.807, 2.05) is 60.9 Å². The van der Waals surface area contributed by atoms with E-state index in [9.17, 15) is 9.18 Å². The van der Waals surface area contributed by atoms with Gasteiger partial charge in [-0.2, -0.15) is 0 Å². The largest absolute Gasteiger partial charge is 0.383 e. The molecule has 0 saturated heterocycles. The second kappa shape index (κ2) is 12.7. The molecule has 2 aliphatic rings. The van der Waals surface area contributed by atoms with Crippen molar-refractivity contribution in [2.24, 2.45) is 28.0 Å². The van der Waals surface area contributed by atoms with Crippen molar-refractivity contribution >= 4 is 32.9 Å². The molecule has 5 atom stereocenters. The number of carbonyl (C=O) groups excluding carboxylic acids is 1. The summed E-state index contributed by atoms with van der Waals surface area (Å²) in [5.74, 6) is 11.1. The molecule has 1 heterocycles. The average molecular weight is 548 g/mol. The zero-order chi connectivity index (χ0) is 28.1. The number of methoxy groups -OCH3 is 1. The standard InChI is InChI=1S/C29H46FN5O2S/c1-21-15-23(21)20-35(13-14-37-4)27-18-29(2,17-26(33-27)34(3)38(5,6)7)28(36)32-25(24(31)19-30)16-22-11-9-8-10-12-22/h8-12,17,21,23-25H,5-6,13-16,18-20,31H2,1-4,7H3,(H,32,36)/t21?,23?,24?,25-,29?/m0/s1. The maximum Gasteiger partial charge on any atom is 0.230 e. The van der Waals surface area contributed by atoms with E-state index in [1.165, 1.54) is 6.42 Å². The van der Waals surface area contributed by atoms with Gasteiger partial charge in [0.25, 0.3) is 0 Å². The van der Waals surface area contributed by atoms with Crippen molar-refractivity contribution in [2.75, 3.05) is 46.8 Å². The van der Waals surface area contributed by atoms with Crippen molar-refractivity contribution < 1.29 is 13.9 Å². The number of benzene rings is 1. The quantitative estimate of drug-likeness (QED) is 0.370. The van der Waals surface area contributed by atoms with E-state index in [0.29, 0.717) is 43.7 Å². The number of rotatable bonds is 13. The summed E-state index contributed by atoms with van der Waals surface area (Å²) in [6, 6.07) is 8.35. The molecule has 38 heavy (non-hydrogen) atoms. The molecule has 0 bridgehead atoms. The molecule has 0 aromatic heterocycles. The highest BCUT2D eigenvalue weighted by molar-refractivity contribution is 8.25. The number of halogens is 1. The number of alkyl halides is 1. The maximum atomic E-state index is 14.0. The third-order valence-corrected chi connectivity index (χ3v) is 9.20. The first-order valence-corrected chi connectivity index (χ1v) is 15.6. The van der Waals surface area contributed by atoms with Crippen molar-refractivity contribution in [3.63, 3.8) is 0 Å². The first kappa shape index (κ1) is 30.2. The number of amidine groups is 1. The molecule has 3 N–H and O–H groups in total. The van der Waals surface area contributed by atoms with Crippen LogP contribution in [0.3, 0.4) is 0 Å². The van der Waals surface area contributed by atoms with Gasteiger partial charge in [0, 0.05) is 33.7 Å². The Morgan fingerprint density at radius 2 is 2.03 bits per heavy atom. The summed E-state index contributed by atoms with van der Waals surface area (Å²) < 4.78 is 21.1. The van der Waals surface area contributed by atoms with Gasteiger partial charge in [-0.05, 0) is 49.5 Å². The van der Waals surface area contributed by atoms with Crippen LogP contribution in [0, 0.1) is 17.3 Å². The summed E-state index contributed by atoms with van der Waals surface area (Å²) >= 11 is 0. The summed E-state index contributed by atoms with van der Waals surface area (Å²) in [6.07, 6.45) is 5.95. The zero-order valence-electron chi connectivity index (χ0n) is 23.7. The lowest BCUT2D eigenvalue weighted by molar-refractivity contribution is -0.128. The van der Waals surface area contributed by atoms with Gasteiger partial charge in [-0.15, -0.1) is 9.39 Å². The molecule has 1 aliphatic carbocycles. The SMILES string of the molecule is C=S(=C)(C)N(C)C1=CC(C)(C(=O)N[C@@H](Cc2ccccc2)C(N)CF)CC(N(CCOC)CC2CC2C)=N1. The van der Waals surface area contributed by atoms with Gasteiger partial charge < -0.3 is 25.0 Å². The van der Waals surface area contributed by atoms with Crippen molar-refractivity contribution in [1.82, 2.24) is 14.5 Å². The molecule has 1 aliphatic heterocycles. The smallest absolute Gasteiger partial charge is 0.230 e. The molecule has 212 valence electrons. The van der Waals surface area contributed by atoms with Crippen LogP contribution in [0.5, 0.6) is 0 Å². The van der Waals surface area contributed by atoms with Gasteiger partial charge in [0.05, 0.1) is 24.1 Å². The van der Waals surface area contributed by atoms with Crippen LogP contribution in [0.4, 0.5) is 4.39 Å². The topological polar surface area (TPSA) is 83.2 Å². The number of nitrogens with two attached hydrogens (primary N) is 1. The minimum Gasteiger partial charge on any atom is -0.383 e. The molecular formula is C29H46FN5O2S. The van der Waals surface area contributed by atoms with Gasteiger partial charge in [0.1, 0.15) is 18.3 Å². The van der Waals surface area contributed by atoms with Crippen LogP contribution in [-0.2, 0) is 16.0 Å². The third kappa shape index (κ3) is 7.83.